The van der Waals surface area contributed by atoms with Gasteiger partial charge in [0.1, 0.15) is 16.5 Å². The number of hydrogen-bond donors (Lipinski definition) is 0. The van der Waals surface area contributed by atoms with Crippen LogP contribution in [0.25, 0.3) is 0 Å². The van der Waals surface area contributed by atoms with E-state index in [1.807, 2.05) is 18.7 Å². The lowest BCUT2D eigenvalue weighted by molar-refractivity contribution is 0.0761. The molecule has 0 spiro atoms. The Labute approximate surface area is 158 Å². The SMILES string of the molecule is Cc1nc(C)c(C(=O)N2CCc3nnc(C4CCCCN4C)n3CC2)s1. The predicted molar refractivity (Wildman–Crippen MR) is 100 cm³/mol. The maximum absolute atomic E-state index is 12.9. The van der Waals surface area contributed by atoms with Gasteiger partial charge in [-0.1, -0.05) is 6.42 Å². The standard InChI is InChI=1S/C18H26N6OS/c1-12-16(26-13(2)19-12)18(25)23-9-7-15-20-21-17(24(15)11-10-23)14-6-4-5-8-22(14)3/h14H,4-11H2,1-3H3. The summed E-state index contributed by atoms with van der Waals surface area (Å²) in [6.45, 7) is 7.13. The number of likely N-dealkylation sites (tertiary alicyclic amines) is 1. The van der Waals surface area contributed by atoms with Gasteiger partial charge in [-0.15, -0.1) is 21.5 Å². The zero-order valence-electron chi connectivity index (χ0n) is 15.7. The fourth-order valence-electron chi connectivity index (χ4n) is 4.07. The van der Waals surface area contributed by atoms with Gasteiger partial charge in [0.05, 0.1) is 16.7 Å². The number of aryl methyl sites for hydroxylation is 2. The monoisotopic (exact) mass is 374 g/mol. The van der Waals surface area contributed by atoms with Crippen LogP contribution < -0.4 is 0 Å². The summed E-state index contributed by atoms with van der Waals surface area (Å²) in [5, 5.41) is 9.92. The Hall–Kier alpha value is -1.80. The van der Waals surface area contributed by atoms with Crippen molar-refractivity contribution in [1.29, 1.82) is 0 Å². The van der Waals surface area contributed by atoms with Crippen LogP contribution in [0.2, 0.25) is 0 Å². The molecule has 1 unspecified atom stereocenters. The van der Waals surface area contributed by atoms with Gasteiger partial charge in [-0.3, -0.25) is 9.69 Å². The Morgan fingerprint density at radius 3 is 2.69 bits per heavy atom. The minimum Gasteiger partial charge on any atom is -0.336 e. The Morgan fingerprint density at radius 2 is 1.96 bits per heavy atom. The highest BCUT2D eigenvalue weighted by molar-refractivity contribution is 7.13. The highest BCUT2D eigenvalue weighted by atomic mass is 32.1. The number of carbonyl (C=O) groups is 1. The number of rotatable bonds is 2. The lowest BCUT2D eigenvalue weighted by Crippen LogP contribution is -2.34. The summed E-state index contributed by atoms with van der Waals surface area (Å²) in [7, 11) is 2.17. The van der Waals surface area contributed by atoms with Crippen LogP contribution >= 0.6 is 11.3 Å². The lowest BCUT2D eigenvalue weighted by Gasteiger charge is -2.31. The number of aromatic nitrogens is 4. The number of amides is 1. The number of nitrogens with zero attached hydrogens (tertiary/aromatic N) is 6. The number of thiazole rings is 1. The maximum atomic E-state index is 12.9. The molecular weight excluding hydrogens is 348 g/mol. The second-order valence-corrected chi connectivity index (χ2v) is 8.51. The van der Waals surface area contributed by atoms with Crippen molar-refractivity contribution in [2.45, 2.75) is 52.1 Å². The Kier molecular flexibility index (Phi) is 4.79. The second kappa shape index (κ2) is 7.08. The van der Waals surface area contributed by atoms with E-state index < -0.39 is 0 Å². The first kappa shape index (κ1) is 17.6. The van der Waals surface area contributed by atoms with Crippen molar-refractivity contribution in [3.63, 3.8) is 0 Å². The molecule has 0 saturated carbocycles. The van der Waals surface area contributed by atoms with E-state index in [0.29, 0.717) is 19.1 Å². The van der Waals surface area contributed by atoms with Crippen molar-refractivity contribution in [2.24, 2.45) is 0 Å². The predicted octanol–water partition coefficient (Wildman–Crippen LogP) is 2.21. The van der Waals surface area contributed by atoms with E-state index in [0.717, 1.165) is 53.2 Å². The van der Waals surface area contributed by atoms with Gasteiger partial charge in [-0.2, -0.15) is 0 Å². The molecule has 1 fully saturated rings. The fourth-order valence-corrected chi connectivity index (χ4v) is 4.96. The molecule has 2 aromatic heterocycles. The molecule has 0 radical (unpaired) electrons. The smallest absolute Gasteiger partial charge is 0.265 e. The molecule has 2 aromatic rings. The molecule has 0 N–H and O–H groups in total. The van der Waals surface area contributed by atoms with Crippen molar-refractivity contribution < 1.29 is 4.79 Å². The summed E-state index contributed by atoms with van der Waals surface area (Å²) < 4.78 is 2.25. The van der Waals surface area contributed by atoms with Crippen LogP contribution in [0.3, 0.4) is 0 Å². The van der Waals surface area contributed by atoms with E-state index in [9.17, 15) is 4.79 Å². The van der Waals surface area contributed by atoms with Gasteiger partial charge in [-0.25, -0.2) is 4.98 Å². The minimum absolute atomic E-state index is 0.100. The zero-order valence-corrected chi connectivity index (χ0v) is 16.6. The molecule has 26 heavy (non-hydrogen) atoms. The van der Waals surface area contributed by atoms with Crippen molar-refractivity contribution >= 4 is 17.2 Å². The molecule has 0 aliphatic carbocycles. The summed E-state index contributed by atoms with van der Waals surface area (Å²) in [5.74, 6) is 2.18. The zero-order chi connectivity index (χ0) is 18.3. The minimum atomic E-state index is 0.100. The van der Waals surface area contributed by atoms with Gasteiger partial charge in [0.2, 0.25) is 0 Å². The molecule has 2 aliphatic heterocycles. The van der Waals surface area contributed by atoms with E-state index in [4.69, 9.17) is 0 Å². The van der Waals surface area contributed by atoms with Gasteiger partial charge in [0, 0.05) is 26.1 Å². The molecule has 4 heterocycles. The Bertz CT molecular complexity index is 813. The van der Waals surface area contributed by atoms with Crippen molar-refractivity contribution in [1.82, 2.24) is 29.5 Å². The van der Waals surface area contributed by atoms with E-state index in [1.54, 1.807) is 0 Å². The third kappa shape index (κ3) is 3.16. The summed E-state index contributed by atoms with van der Waals surface area (Å²) >= 11 is 1.49. The van der Waals surface area contributed by atoms with Crippen LogP contribution in [0.15, 0.2) is 0 Å². The second-order valence-electron chi connectivity index (χ2n) is 7.31. The van der Waals surface area contributed by atoms with E-state index >= 15 is 0 Å². The molecule has 0 aromatic carbocycles. The van der Waals surface area contributed by atoms with E-state index in [1.165, 1.54) is 24.2 Å². The molecule has 1 saturated heterocycles. The first-order chi connectivity index (χ1) is 12.5. The largest absolute Gasteiger partial charge is 0.336 e. The van der Waals surface area contributed by atoms with Gasteiger partial charge in [0.25, 0.3) is 5.91 Å². The van der Waals surface area contributed by atoms with Crippen LogP contribution in [-0.4, -0.2) is 62.1 Å². The first-order valence-corrected chi connectivity index (χ1v) is 10.2. The molecule has 0 bridgehead atoms. The van der Waals surface area contributed by atoms with Crippen molar-refractivity contribution in [3.05, 3.63) is 27.2 Å². The van der Waals surface area contributed by atoms with Gasteiger partial charge >= 0.3 is 0 Å². The molecule has 1 atom stereocenters. The lowest BCUT2D eigenvalue weighted by atomic mass is 10.0. The maximum Gasteiger partial charge on any atom is 0.265 e. The normalized spacial score (nSPS) is 21.5. The van der Waals surface area contributed by atoms with Crippen LogP contribution in [0.5, 0.6) is 0 Å². The Morgan fingerprint density at radius 1 is 1.12 bits per heavy atom. The number of fused-ring (bicyclic) bond motifs is 1. The third-order valence-corrected chi connectivity index (χ3v) is 6.57. The fraction of sp³-hybridized carbons (Fsp3) is 0.667. The molecular formula is C18H26N6OS. The van der Waals surface area contributed by atoms with Gasteiger partial charge < -0.3 is 9.47 Å². The molecule has 7 nitrogen and oxygen atoms in total. The Balaban J connectivity index is 1.53. The number of carbonyl (C=O) groups excluding carboxylic acids is 1. The van der Waals surface area contributed by atoms with E-state index in [2.05, 4.69) is 31.7 Å². The molecule has 1 amide bonds. The summed E-state index contributed by atoms with van der Waals surface area (Å²) in [4.78, 5) is 22.4. The third-order valence-electron chi connectivity index (χ3n) is 5.51. The van der Waals surface area contributed by atoms with Gasteiger partial charge in [-0.05, 0) is 40.3 Å². The summed E-state index contributed by atoms with van der Waals surface area (Å²) in [5.41, 5.74) is 0.839. The number of piperidine rings is 1. The van der Waals surface area contributed by atoms with Crippen LogP contribution in [-0.2, 0) is 13.0 Å². The van der Waals surface area contributed by atoms with E-state index in [-0.39, 0.29) is 5.91 Å². The molecule has 4 rings (SSSR count). The summed E-state index contributed by atoms with van der Waals surface area (Å²) in [6, 6.07) is 0.346. The molecule has 140 valence electrons. The topological polar surface area (TPSA) is 67.2 Å². The first-order valence-electron chi connectivity index (χ1n) is 9.40. The van der Waals surface area contributed by atoms with Crippen LogP contribution in [0, 0.1) is 13.8 Å². The van der Waals surface area contributed by atoms with Gasteiger partial charge in [0.15, 0.2) is 0 Å². The van der Waals surface area contributed by atoms with Crippen molar-refractivity contribution in [2.75, 3.05) is 26.7 Å². The van der Waals surface area contributed by atoms with Crippen LogP contribution in [0.4, 0.5) is 0 Å². The molecule has 8 heteroatoms. The quantitative estimate of drug-likeness (QED) is 0.806. The highest BCUT2D eigenvalue weighted by Gasteiger charge is 2.30. The molecule has 2 aliphatic rings. The van der Waals surface area contributed by atoms with Crippen LogP contribution in [0.1, 0.15) is 57.3 Å². The van der Waals surface area contributed by atoms with Crippen molar-refractivity contribution in [3.8, 4) is 0 Å². The summed E-state index contributed by atoms with van der Waals surface area (Å²) in [6.07, 6.45) is 4.39. The average Bonchev–Trinajstić information content (AvgIpc) is 3.10. The number of hydrogen-bond acceptors (Lipinski definition) is 6. The average molecular weight is 375 g/mol. The highest BCUT2D eigenvalue weighted by Crippen LogP contribution is 2.29.